The van der Waals surface area contributed by atoms with Crippen LogP contribution in [0, 0.1) is 5.82 Å². The lowest BCUT2D eigenvalue weighted by Crippen LogP contribution is -2.46. The third kappa shape index (κ3) is 4.34. The number of rotatable bonds is 6. The van der Waals surface area contributed by atoms with Gasteiger partial charge >= 0.3 is 0 Å². The van der Waals surface area contributed by atoms with Gasteiger partial charge in [-0.15, -0.1) is 0 Å². The highest BCUT2D eigenvalue weighted by Gasteiger charge is 2.35. The minimum atomic E-state index is -0.478. The zero-order valence-electron chi connectivity index (χ0n) is 17.0. The molecule has 0 aliphatic carbocycles. The van der Waals surface area contributed by atoms with Gasteiger partial charge in [-0.1, -0.05) is 36.4 Å². The molecule has 0 bridgehead atoms. The molecule has 6 nitrogen and oxygen atoms in total. The molecule has 0 spiro atoms. The molecule has 160 valence electrons. The number of hydrogen-bond donors (Lipinski definition) is 1. The van der Waals surface area contributed by atoms with E-state index >= 15 is 0 Å². The van der Waals surface area contributed by atoms with Crippen LogP contribution in [-0.2, 0) is 16.0 Å². The minimum Gasteiger partial charge on any atom is -0.359 e. The van der Waals surface area contributed by atoms with Crippen molar-refractivity contribution < 1.29 is 18.8 Å². The molecule has 1 atom stereocenters. The summed E-state index contributed by atoms with van der Waals surface area (Å²) < 4.78 is 13.8. The quantitative estimate of drug-likeness (QED) is 0.699. The fraction of sp³-hybridized carbons (Fsp3) is 0.261. The maximum Gasteiger partial charge on any atom is 0.293 e. The largest absolute Gasteiger partial charge is 0.359 e. The number of para-hydroxylation sites is 1. The summed E-state index contributed by atoms with van der Waals surface area (Å²) in [4.78, 5) is 40.7. The molecule has 1 saturated heterocycles. The average Bonchev–Trinajstić information content (AvgIpc) is 3.31. The number of thioether (sulfide) groups is 1. The number of fused-ring (bicyclic) bond motifs is 1. The molecule has 1 fully saturated rings. The predicted molar refractivity (Wildman–Crippen MR) is 119 cm³/mol. The van der Waals surface area contributed by atoms with E-state index in [0.717, 1.165) is 35.3 Å². The lowest BCUT2D eigenvalue weighted by Gasteiger charge is -2.26. The van der Waals surface area contributed by atoms with Crippen LogP contribution in [0.5, 0.6) is 0 Å². The summed E-state index contributed by atoms with van der Waals surface area (Å²) >= 11 is 0.774. The molecule has 0 radical (unpaired) electrons. The van der Waals surface area contributed by atoms with Crippen molar-refractivity contribution in [3.05, 3.63) is 70.4 Å². The van der Waals surface area contributed by atoms with E-state index in [1.807, 2.05) is 25.1 Å². The van der Waals surface area contributed by atoms with Gasteiger partial charge in [-0.25, -0.2) is 4.39 Å². The van der Waals surface area contributed by atoms with E-state index in [4.69, 9.17) is 0 Å². The smallest absolute Gasteiger partial charge is 0.293 e. The Morgan fingerprint density at radius 1 is 1.19 bits per heavy atom. The van der Waals surface area contributed by atoms with Crippen molar-refractivity contribution in [3.8, 4) is 0 Å². The fourth-order valence-electron chi connectivity index (χ4n) is 3.77. The van der Waals surface area contributed by atoms with Crippen LogP contribution < -0.4 is 10.2 Å². The van der Waals surface area contributed by atoms with Crippen molar-refractivity contribution in [2.75, 3.05) is 24.5 Å². The molecule has 4 rings (SSSR count). The first-order valence-electron chi connectivity index (χ1n) is 10.1. The topological polar surface area (TPSA) is 69.7 Å². The predicted octanol–water partition coefficient (Wildman–Crippen LogP) is 3.43. The van der Waals surface area contributed by atoms with Gasteiger partial charge in [-0.2, -0.15) is 0 Å². The number of nitrogens with one attached hydrogen (secondary N) is 1. The zero-order valence-corrected chi connectivity index (χ0v) is 17.8. The molecule has 2 aromatic carbocycles. The fourth-order valence-corrected chi connectivity index (χ4v) is 4.63. The highest BCUT2D eigenvalue weighted by atomic mass is 32.2. The van der Waals surface area contributed by atoms with Gasteiger partial charge in [0.15, 0.2) is 0 Å². The van der Waals surface area contributed by atoms with Crippen LogP contribution in [0.25, 0.3) is 6.08 Å². The van der Waals surface area contributed by atoms with Crippen molar-refractivity contribution in [2.24, 2.45) is 0 Å². The third-order valence-corrected chi connectivity index (χ3v) is 6.38. The second kappa shape index (κ2) is 8.93. The van der Waals surface area contributed by atoms with Gasteiger partial charge in [0.25, 0.3) is 11.1 Å². The van der Waals surface area contributed by atoms with Crippen molar-refractivity contribution in [2.45, 2.75) is 19.4 Å². The van der Waals surface area contributed by atoms with E-state index in [1.165, 1.54) is 17.7 Å². The summed E-state index contributed by atoms with van der Waals surface area (Å²) in [7, 11) is 0. The summed E-state index contributed by atoms with van der Waals surface area (Å²) in [6.45, 7) is 2.84. The van der Waals surface area contributed by atoms with E-state index in [1.54, 1.807) is 18.2 Å². The summed E-state index contributed by atoms with van der Waals surface area (Å²) in [5.74, 6) is -1.10. The number of imide groups is 1. The number of benzene rings is 2. The van der Waals surface area contributed by atoms with Crippen molar-refractivity contribution >= 4 is 40.6 Å². The number of hydrogen-bond acceptors (Lipinski definition) is 5. The summed E-state index contributed by atoms with van der Waals surface area (Å²) in [6.07, 6.45) is 2.28. The Hall–Kier alpha value is -3.13. The van der Waals surface area contributed by atoms with E-state index < -0.39 is 17.0 Å². The second-order valence-electron chi connectivity index (χ2n) is 7.39. The van der Waals surface area contributed by atoms with Gasteiger partial charge in [0.1, 0.15) is 11.9 Å². The Labute approximate surface area is 184 Å². The number of carbonyl (C=O) groups is 3. The van der Waals surface area contributed by atoms with Gasteiger partial charge in [-0.05, 0) is 48.9 Å². The Morgan fingerprint density at radius 3 is 2.74 bits per heavy atom. The molecule has 2 heterocycles. The first-order chi connectivity index (χ1) is 15.0. The van der Waals surface area contributed by atoms with E-state index in [2.05, 4.69) is 16.3 Å². The monoisotopic (exact) mass is 439 g/mol. The summed E-state index contributed by atoms with van der Waals surface area (Å²) in [6, 6.07) is 13.7. The lowest BCUT2D eigenvalue weighted by atomic mass is 10.1. The van der Waals surface area contributed by atoms with Crippen molar-refractivity contribution in [1.29, 1.82) is 0 Å². The highest BCUT2D eigenvalue weighted by molar-refractivity contribution is 8.18. The highest BCUT2D eigenvalue weighted by Crippen LogP contribution is 2.32. The molecule has 0 saturated carbocycles. The van der Waals surface area contributed by atoms with Crippen LogP contribution >= 0.6 is 11.8 Å². The molecule has 2 aliphatic heterocycles. The molecule has 1 N–H and O–H groups in total. The Kier molecular flexibility index (Phi) is 6.08. The molecule has 2 aliphatic rings. The number of halogens is 1. The second-order valence-corrected chi connectivity index (χ2v) is 8.39. The first-order valence-corrected chi connectivity index (χ1v) is 10.9. The van der Waals surface area contributed by atoms with Crippen LogP contribution in [-0.4, -0.2) is 47.6 Å². The van der Waals surface area contributed by atoms with Crippen molar-refractivity contribution in [3.63, 3.8) is 0 Å². The normalized spacial score (nSPS) is 17.9. The van der Waals surface area contributed by atoms with E-state index in [0.29, 0.717) is 0 Å². The number of carbonyl (C=O) groups excluding carboxylic acids is 3. The molecule has 0 aromatic heterocycles. The van der Waals surface area contributed by atoms with Crippen molar-refractivity contribution in [1.82, 2.24) is 10.2 Å². The minimum absolute atomic E-state index is 0.0638. The molecule has 8 heteroatoms. The Bertz CT molecular complexity index is 1070. The Morgan fingerprint density at radius 2 is 1.94 bits per heavy atom. The zero-order chi connectivity index (χ0) is 22.0. The molecule has 31 heavy (non-hydrogen) atoms. The number of nitrogens with zero attached hydrogens (tertiary/aromatic N) is 2. The molecule has 2 aromatic rings. The number of amides is 3. The maximum absolute atomic E-state index is 13.8. The van der Waals surface area contributed by atoms with Crippen LogP contribution in [0.3, 0.4) is 0 Å². The SMILES string of the molecule is C[C@@H](C(=O)NCCN1C(=O)S/C(=C/c2ccccc2F)C1=O)N1CCc2ccccc21. The number of anilines is 1. The van der Waals surface area contributed by atoms with Gasteiger partial charge in [0, 0.05) is 30.9 Å². The summed E-state index contributed by atoms with van der Waals surface area (Å²) in [5.41, 5.74) is 2.54. The van der Waals surface area contributed by atoms with Crippen LogP contribution in [0.4, 0.5) is 14.9 Å². The van der Waals surface area contributed by atoms with Gasteiger partial charge < -0.3 is 10.2 Å². The average molecular weight is 440 g/mol. The van der Waals surface area contributed by atoms with Gasteiger partial charge in [0.2, 0.25) is 5.91 Å². The molecule has 0 unspecified atom stereocenters. The molecular weight excluding hydrogens is 417 g/mol. The Balaban J connectivity index is 1.33. The van der Waals surface area contributed by atoms with Crippen LogP contribution in [0.15, 0.2) is 53.4 Å². The van der Waals surface area contributed by atoms with E-state index in [-0.39, 0.29) is 35.5 Å². The first kappa shape index (κ1) is 21.1. The molecule has 3 amide bonds. The van der Waals surface area contributed by atoms with Crippen LogP contribution in [0.1, 0.15) is 18.1 Å². The maximum atomic E-state index is 13.8. The van der Waals surface area contributed by atoms with Crippen LogP contribution in [0.2, 0.25) is 0 Å². The standard InChI is InChI=1S/C23H22FN3O3S/c1-15(26-12-10-16-6-3-5-9-19(16)26)21(28)25-11-13-27-22(29)20(31-23(27)30)14-17-7-2-4-8-18(17)24/h2-9,14-15H,10-13H2,1H3,(H,25,28)/b20-14+/t15-/m0/s1. The van der Waals surface area contributed by atoms with Gasteiger partial charge in [-0.3, -0.25) is 19.3 Å². The lowest BCUT2D eigenvalue weighted by molar-refractivity contribution is -0.124. The third-order valence-electron chi connectivity index (χ3n) is 5.47. The summed E-state index contributed by atoms with van der Waals surface area (Å²) in [5, 5.41) is 2.39. The molecular formula is C23H22FN3O3S. The van der Waals surface area contributed by atoms with E-state index in [9.17, 15) is 18.8 Å². The van der Waals surface area contributed by atoms with Gasteiger partial charge in [0.05, 0.1) is 4.91 Å².